The summed E-state index contributed by atoms with van der Waals surface area (Å²) in [7, 11) is 0. The van der Waals surface area contributed by atoms with Gasteiger partial charge in [0, 0.05) is 23.6 Å². The van der Waals surface area contributed by atoms with Crippen LogP contribution in [-0.4, -0.2) is 15.0 Å². The summed E-state index contributed by atoms with van der Waals surface area (Å²) in [6.07, 6.45) is 5.57. The molecular formula is C33H24N4. The van der Waals surface area contributed by atoms with Crippen molar-refractivity contribution in [1.29, 1.82) is 0 Å². The standard InChI is InChI=1S/C33H24N4/c1-2-13-32-24(8-1)14-15-25-17-19-31(30-12-4-6-21-35-30)36-33(25)37(32)26-18-16-23-9-7-10-27(28(23)22-26)29-11-3-5-20-34-29/h1-13,16-22H,14-15H2. The number of nitrogens with zero attached hydrogens (tertiary/aromatic N) is 4. The molecule has 4 nitrogen and oxygen atoms in total. The second-order valence-electron chi connectivity index (χ2n) is 9.28. The minimum atomic E-state index is 0.874. The molecule has 6 aromatic rings. The van der Waals surface area contributed by atoms with Crippen molar-refractivity contribution in [2.75, 3.05) is 4.90 Å². The van der Waals surface area contributed by atoms with Gasteiger partial charge in [0.15, 0.2) is 0 Å². The van der Waals surface area contributed by atoms with Crippen molar-refractivity contribution in [2.45, 2.75) is 12.8 Å². The number of benzene rings is 3. The Morgan fingerprint density at radius 3 is 2.19 bits per heavy atom. The highest BCUT2D eigenvalue weighted by Gasteiger charge is 2.24. The van der Waals surface area contributed by atoms with E-state index < -0.39 is 0 Å². The van der Waals surface area contributed by atoms with E-state index in [9.17, 15) is 0 Å². The Labute approximate surface area is 215 Å². The summed E-state index contributed by atoms with van der Waals surface area (Å²) in [5.74, 6) is 0.961. The molecule has 0 aliphatic carbocycles. The molecule has 3 aromatic heterocycles. The van der Waals surface area contributed by atoms with E-state index in [1.54, 1.807) is 0 Å². The molecular weight excluding hydrogens is 452 g/mol. The lowest BCUT2D eigenvalue weighted by molar-refractivity contribution is 0.971. The zero-order chi connectivity index (χ0) is 24.6. The third-order valence-corrected chi connectivity index (χ3v) is 7.06. The first kappa shape index (κ1) is 21.5. The summed E-state index contributed by atoms with van der Waals surface area (Å²) < 4.78 is 0. The summed E-state index contributed by atoms with van der Waals surface area (Å²) in [6.45, 7) is 0. The lowest BCUT2D eigenvalue weighted by atomic mass is 10.0. The second-order valence-corrected chi connectivity index (χ2v) is 9.28. The zero-order valence-corrected chi connectivity index (χ0v) is 20.3. The van der Waals surface area contributed by atoms with Gasteiger partial charge in [-0.2, -0.15) is 0 Å². The van der Waals surface area contributed by atoms with Gasteiger partial charge in [-0.1, -0.05) is 60.7 Å². The van der Waals surface area contributed by atoms with Gasteiger partial charge in [-0.15, -0.1) is 0 Å². The van der Waals surface area contributed by atoms with Crippen LogP contribution in [0.5, 0.6) is 0 Å². The molecule has 0 saturated carbocycles. The second kappa shape index (κ2) is 8.99. The number of para-hydroxylation sites is 1. The number of rotatable bonds is 3. The Morgan fingerprint density at radius 1 is 0.568 bits per heavy atom. The van der Waals surface area contributed by atoms with Crippen molar-refractivity contribution in [3.8, 4) is 22.6 Å². The molecule has 1 aliphatic heterocycles. The normalized spacial score (nSPS) is 12.6. The third kappa shape index (κ3) is 3.83. The van der Waals surface area contributed by atoms with Gasteiger partial charge in [0.1, 0.15) is 5.82 Å². The van der Waals surface area contributed by atoms with Crippen molar-refractivity contribution in [3.63, 3.8) is 0 Å². The van der Waals surface area contributed by atoms with Crippen LogP contribution in [0.1, 0.15) is 11.1 Å². The first-order chi connectivity index (χ1) is 18.3. The van der Waals surface area contributed by atoms with Gasteiger partial charge in [-0.05, 0) is 83.3 Å². The highest BCUT2D eigenvalue weighted by molar-refractivity contribution is 5.99. The van der Waals surface area contributed by atoms with Crippen molar-refractivity contribution >= 4 is 28.0 Å². The molecule has 0 spiro atoms. The predicted molar refractivity (Wildman–Crippen MR) is 150 cm³/mol. The molecule has 0 atom stereocenters. The van der Waals surface area contributed by atoms with E-state index in [0.29, 0.717) is 0 Å². The van der Waals surface area contributed by atoms with Crippen LogP contribution in [0.25, 0.3) is 33.4 Å². The summed E-state index contributed by atoms with van der Waals surface area (Å²) in [4.78, 5) is 16.7. The number of anilines is 3. The van der Waals surface area contributed by atoms with Crippen LogP contribution in [0.2, 0.25) is 0 Å². The average molecular weight is 477 g/mol. The fourth-order valence-corrected chi connectivity index (χ4v) is 5.25. The highest BCUT2D eigenvalue weighted by Crippen LogP contribution is 2.43. The molecule has 37 heavy (non-hydrogen) atoms. The van der Waals surface area contributed by atoms with E-state index in [-0.39, 0.29) is 0 Å². The van der Waals surface area contributed by atoms with Gasteiger partial charge in [-0.25, -0.2) is 4.98 Å². The zero-order valence-electron chi connectivity index (χ0n) is 20.3. The fourth-order valence-electron chi connectivity index (χ4n) is 5.25. The fraction of sp³-hybridized carbons (Fsp3) is 0.0606. The summed E-state index contributed by atoms with van der Waals surface area (Å²) >= 11 is 0. The number of pyridine rings is 3. The maximum atomic E-state index is 5.21. The lowest BCUT2D eigenvalue weighted by Crippen LogP contribution is -2.14. The van der Waals surface area contributed by atoms with Crippen molar-refractivity contribution in [2.24, 2.45) is 0 Å². The van der Waals surface area contributed by atoms with Gasteiger partial charge in [0.2, 0.25) is 0 Å². The van der Waals surface area contributed by atoms with E-state index in [4.69, 9.17) is 4.98 Å². The van der Waals surface area contributed by atoms with Crippen LogP contribution < -0.4 is 4.90 Å². The van der Waals surface area contributed by atoms with E-state index in [1.807, 2.05) is 42.7 Å². The molecule has 4 heteroatoms. The Morgan fingerprint density at radius 2 is 1.35 bits per heavy atom. The van der Waals surface area contributed by atoms with Crippen LogP contribution in [0.3, 0.4) is 0 Å². The van der Waals surface area contributed by atoms with Crippen molar-refractivity contribution < 1.29 is 0 Å². The molecule has 0 radical (unpaired) electrons. The third-order valence-electron chi connectivity index (χ3n) is 7.06. The molecule has 4 heterocycles. The Kier molecular flexibility index (Phi) is 5.21. The SMILES string of the molecule is c1ccc(-c2ccc3c(n2)N(c2ccc4cccc(-c5ccccn5)c4c2)c2ccccc2CC3)nc1. The maximum absolute atomic E-state index is 5.21. The molecule has 3 aromatic carbocycles. The summed E-state index contributed by atoms with van der Waals surface area (Å²) in [5, 5.41) is 2.35. The molecule has 0 amide bonds. The molecule has 7 rings (SSSR count). The molecule has 176 valence electrons. The number of fused-ring (bicyclic) bond motifs is 3. The van der Waals surface area contributed by atoms with Crippen LogP contribution in [0.15, 0.2) is 122 Å². The molecule has 0 bridgehead atoms. The largest absolute Gasteiger partial charge is 0.295 e. The van der Waals surface area contributed by atoms with Gasteiger partial charge in [-0.3, -0.25) is 14.9 Å². The highest BCUT2D eigenvalue weighted by atomic mass is 15.2. The van der Waals surface area contributed by atoms with Crippen molar-refractivity contribution in [3.05, 3.63) is 133 Å². The van der Waals surface area contributed by atoms with Gasteiger partial charge in [0.25, 0.3) is 0 Å². The summed E-state index contributed by atoms with van der Waals surface area (Å²) in [6, 6.07) is 38.1. The molecule has 0 saturated heterocycles. The smallest absolute Gasteiger partial charge is 0.141 e. The van der Waals surface area contributed by atoms with E-state index in [0.717, 1.165) is 47.0 Å². The van der Waals surface area contributed by atoms with Gasteiger partial charge in [0.05, 0.1) is 22.8 Å². The number of aryl methyl sites for hydroxylation is 2. The quantitative estimate of drug-likeness (QED) is 0.260. The molecule has 1 aliphatic rings. The monoisotopic (exact) mass is 476 g/mol. The Balaban J connectivity index is 1.47. The van der Waals surface area contributed by atoms with E-state index in [1.165, 1.54) is 27.6 Å². The topological polar surface area (TPSA) is 41.9 Å². The van der Waals surface area contributed by atoms with E-state index >= 15 is 0 Å². The number of hydrogen-bond acceptors (Lipinski definition) is 4. The molecule has 0 unspecified atom stereocenters. The van der Waals surface area contributed by atoms with E-state index in [2.05, 4.69) is 93.7 Å². The maximum Gasteiger partial charge on any atom is 0.141 e. The van der Waals surface area contributed by atoms with Crippen LogP contribution in [-0.2, 0) is 12.8 Å². The predicted octanol–water partition coefficient (Wildman–Crippen LogP) is 7.93. The van der Waals surface area contributed by atoms with Crippen LogP contribution in [0.4, 0.5) is 17.2 Å². The Hall–Kier alpha value is -4.83. The summed E-state index contributed by atoms with van der Waals surface area (Å²) in [5.41, 5.74) is 8.64. The Bertz CT molecular complexity index is 1730. The molecule has 0 fully saturated rings. The molecule has 0 N–H and O–H groups in total. The first-order valence-electron chi connectivity index (χ1n) is 12.6. The minimum absolute atomic E-state index is 0.874. The number of hydrogen-bond donors (Lipinski definition) is 0. The first-order valence-corrected chi connectivity index (χ1v) is 12.6. The number of aromatic nitrogens is 3. The van der Waals surface area contributed by atoms with Crippen LogP contribution in [0, 0.1) is 0 Å². The van der Waals surface area contributed by atoms with Gasteiger partial charge < -0.3 is 0 Å². The van der Waals surface area contributed by atoms with Crippen molar-refractivity contribution in [1.82, 2.24) is 15.0 Å². The van der Waals surface area contributed by atoms with Gasteiger partial charge >= 0.3 is 0 Å². The average Bonchev–Trinajstić information content (AvgIpc) is 3.14. The lowest BCUT2D eigenvalue weighted by Gasteiger charge is -2.27. The minimum Gasteiger partial charge on any atom is -0.295 e. The van der Waals surface area contributed by atoms with Crippen LogP contribution >= 0.6 is 0 Å².